The summed E-state index contributed by atoms with van der Waals surface area (Å²) < 4.78 is 0. The van der Waals surface area contributed by atoms with Crippen molar-refractivity contribution < 1.29 is 14.7 Å². The number of amides is 2. The first-order valence-corrected chi connectivity index (χ1v) is 13.4. The van der Waals surface area contributed by atoms with Gasteiger partial charge in [0.25, 0.3) is 0 Å². The second-order valence-electron chi connectivity index (χ2n) is 9.53. The van der Waals surface area contributed by atoms with Crippen molar-refractivity contribution >= 4 is 34.8 Å². The molecule has 0 saturated heterocycles. The van der Waals surface area contributed by atoms with Crippen LogP contribution in [0.1, 0.15) is 71.2 Å². The third-order valence-electron chi connectivity index (χ3n) is 5.85. The standard InChI is InChI=1S/C26H42ClN3O3S/c1-19(9-10-23(17-27)8-7-12-29(5)25(32)16-22(4)31)14-20(2)15-21(3)26(33)30(6)18-24-28-11-13-34-24/h11,13,15,17,19-20,22,31H,7-10,12,14,16,18H2,1-6H3/b21-15+,23-17+/t19-,20+,22-/m0/s1. The Bertz CT molecular complexity index is 808. The summed E-state index contributed by atoms with van der Waals surface area (Å²) >= 11 is 7.61. The molecule has 0 saturated carbocycles. The number of hydrogen-bond acceptors (Lipinski definition) is 5. The van der Waals surface area contributed by atoms with Gasteiger partial charge >= 0.3 is 0 Å². The van der Waals surface area contributed by atoms with Gasteiger partial charge in [0, 0.05) is 43.3 Å². The fourth-order valence-corrected chi connectivity index (χ4v) is 4.85. The molecule has 0 aliphatic carbocycles. The molecular weight excluding hydrogens is 470 g/mol. The first-order valence-electron chi connectivity index (χ1n) is 12.1. The average molecular weight is 512 g/mol. The molecular formula is C26H42ClN3O3S. The van der Waals surface area contributed by atoms with Crippen molar-refractivity contribution in [3.63, 3.8) is 0 Å². The van der Waals surface area contributed by atoms with E-state index in [1.165, 1.54) is 5.57 Å². The molecule has 0 aromatic carbocycles. The molecule has 8 heteroatoms. The van der Waals surface area contributed by atoms with Crippen LogP contribution in [0.25, 0.3) is 0 Å². The summed E-state index contributed by atoms with van der Waals surface area (Å²) in [5.41, 5.74) is 3.65. The van der Waals surface area contributed by atoms with E-state index in [1.807, 2.05) is 19.4 Å². The van der Waals surface area contributed by atoms with E-state index in [0.717, 1.165) is 42.7 Å². The molecule has 0 aliphatic heterocycles. The molecule has 6 nitrogen and oxygen atoms in total. The van der Waals surface area contributed by atoms with Gasteiger partial charge in [-0.3, -0.25) is 9.59 Å². The van der Waals surface area contributed by atoms with Gasteiger partial charge in [-0.2, -0.15) is 0 Å². The lowest BCUT2D eigenvalue weighted by Gasteiger charge is -2.20. The van der Waals surface area contributed by atoms with Crippen molar-refractivity contribution in [2.75, 3.05) is 20.6 Å². The minimum atomic E-state index is -0.613. The molecule has 0 bridgehead atoms. The van der Waals surface area contributed by atoms with Crippen molar-refractivity contribution in [1.29, 1.82) is 0 Å². The van der Waals surface area contributed by atoms with E-state index >= 15 is 0 Å². The second-order valence-corrected chi connectivity index (χ2v) is 10.7. The van der Waals surface area contributed by atoms with Crippen LogP contribution in [0.4, 0.5) is 0 Å². The van der Waals surface area contributed by atoms with Crippen LogP contribution in [0.15, 0.2) is 34.3 Å². The molecule has 34 heavy (non-hydrogen) atoms. The maximum absolute atomic E-state index is 12.7. The molecule has 1 N–H and O–H groups in total. The second kappa shape index (κ2) is 16.1. The monoisotopic (exact) mass is 511 g/mol. The van der Waals surface area contributed by atoms with Crippen LogP contribution in [-0.2, 0) is 16.1 Å². The number of aliphatic hydroxyl groups excluding tert-OH is 1. The van der Waals surface area contributed by atoms with Gasteiger partial charge in [-0.1, -0.05) is 37.1 Å². The maximum Gasteiger partial charge on any atom is 0.249 e. The number of allylic oxidation sites excluding steroid dienone is 2. The van der Waals surface area contributed by atoms with Crippen molar-refractivity contribution in [2.24, 2.45) is 11.8 Å². The van der Waals surface area contributed by atoms with Gasteiger partial charge in [0.2, 0.25) is 11.8 Å². The van der Waals surface area contributed by atoms with Crippen LogP contribution < -0.4 is 0 Å². The number of likely N-dealkylation sites (N-methyl/N-ethyl adjacent to an activating group) is 1. The summed E-state index contributed by atoms with van der Waals surface area (Å²) in [4.78, 5) is 32.2. The van der Waals surface area contributed by atoms with Gasteiger partial charge in [0.05, 0.1) is 19.1 Å². The Labute approximate surface area is 214 Å². The SMILES string of the molecule is C/C(=C\[C@H](C)C[C@@H](C)CC/C(=C/Cl)CCCN(C)C(=O)C[C@H](C)O)C(=O)N(C)Cc1nccs1. The predicted molar refractivity (Wildman–Crippen MR) is 142 cm³/mol. The first-order chi connectivity index (χ1) is 16.0. The Hall–Kier alpha value is -1.70. The van der Waals surface area contributed by atoms with E-state index < -0.39 is 6.10 Å². The molecule has 0 unspecified atom stereocenters. The number of aliphatic hydroxyl groups is 1. The zero-order valence-corrected chi connectivity index (χ0v) is 23.2. The van der Waals surface area contributed by atoms with Crippen molar-refractivity contribution in [2.45, 2.75) is 78.9 Å². The molecule has 1 heterocycles. The highest BCUT2D eigenvalue weighted by molar-refractivity contribution is 7.09. The number of carbonyl (C=O) groups excluding carboxylic acids is 2. The van der Waals surface area contributed by atoms with Gasteiger partial charge in [-0.25, -0.2) is 4.98 Å². The number of halogens is 1. The molecule has 3 atom stereocenters. The van der Waals surface area contributed by atoms with Crippen molar-refractivity contribution in [3.05, 3.63) is 39.3 Å². The number of carbonyl (C=O) groups is 2. The Kier molecular flexibility index (Phi) is 14.3. The van der Waals surface area contributed by atoms with E-state index in [9.17, 15) is 14.7 Å². The molecule has 0 aliphatic rings. The van der Waals surface area contributed by atoms with Crippen LogP contribution >= 0.6 is 22.9 Å². The summed E-state index contributed by atoms with van der Waals surface area (Å²) in [6, 6.07) is 0. The van der Waals surface area contributed by atoms with Gasteiger partial charge in [-0.15, -0.1) is 11.3 Å². The van der Waals surface area contributed by atoms with E-state index in [0.29, 0.717) is 24.9 Å². The lowest BCUT2D eigenvalue weighted by molar-refractivity contribution is -0.131. The largest absolute Gasteiger partial charge is 0.393 e. The third kappa shape index (κ3) is 12.1. The van der Waals surface area contributed by atoms with Crippen LogP contribution in [0.2, 0.25) is 0 Å². The molecule has 1 aromatic heterocycles. The smallest absolute Gasteiger partial charge is 0.249 e. The van der Waals surface area contributed by atoms with Crippen LogP contribution in [0.3, 0.4) is 0 Å². The van der Waals surface area contributed by atoms with E-state index in [-0.39, 0.29) is 18.2 Å². The predicted octanol–water partition coefficient (Wildman–Crippen LogP) is 5.62. The third-order valence-corrected chi connectivity index (χ3v) is 6.92. The Morgan fingerprint density at radius 3 is 2.50 bits per heavy atom. The molecule has 1 rings (SSSR count). The summed E-state index contributed by atoms with van der Waals surface area (Å²) in [5, 5.41) is 12.2. The van der Waals surface area contributed by atoms with Gasteiger partial charge in [0.1, 0.15) is 5.01 Å². The van der Waals surface area contributed by atoms with Gasteiger partial charge < -0.3 is 14.9 Å². The number of hydrogen-bond donors (Lipinski definition) is 1. The quantitative estimate of drug-likeness (QED) is 0.310. The fraction of sp³-hybridized carbons (Fsp3) is 0.654. The molecule has 192 valence electrons. The summed E-state index contributed by atoms with van der Waals surface area (Å²) in [5.74, 6) is 0.817. The Morgan fingerprint density at radius 1 is 1.21 bits per heavy atom. The number of nitrogens with zero attached hydrogens (tertiary/aromatic N) is 3. The summed E-state index contributed by atoms with van der Waals surface area (Å²) in [6.45, 7) is 9.10. The molecule has 0 spiro atoms. The highest BCUT2D eigenvalue weighted by Crippen LogP contribution is 2.23. The Morgan fingerprint density at radius 2 is 1.91 bits per heavy atom. The van der Waals surface area contributed by atoms with Gasteiger partial charge in [0.15, 0.2) is 0 Å². The van der Waals surface area contributed by atoms with E-state index in [4.69, 9.17) is 11.6 Å². The normalized spacial score (nSPS) is 15.1. The minimum absolute atomic E-state index is 0.0368. The zero-order chi connectivity index (χ0) is 25.7. The average Bonchev–Trinajstić information content (AvgIpc) is 3.27. The summed E-state index contributed by atoms with van der Waals surface area (Å²) in [6.07, 6.45) is 8.06. The minimum Gasteiger partial charge on any atom is -0.393 e. The van der Waals surface area contributed by atoms with Gasteiger partial charge in [-0.05, 0) is 57.8 Å². The van der Waals surface area contributed by atoms with Crippen LogP contribution in [0, 0.1) is 11.8 Å². The molecule has 0 radical (unpaired) electrons. The van der Waals surface area contributed by atoms with E-state index in [2.05, 4.69) is 24.9 Å². The van der Waals surface area contributed by atoms with Crippen LogP contribution in [0.5, 0.6) is 0 Å². The molecule has 1 aromatic rings. The van der Waals surface area contributed by atoms with Crippen LogP contribution in [-0.4, -0.2) is 58.4 Å². The highest BCUT2D eigenvalue weighted by Gasteiger charge is 2.15. The topological polar surface area (TPSA) is 73.7 Å². The zero-order valence-electron chi connectivity index (χ0n) is 21.6. The first kappa shape index (κ1) is 30.3. The van der Waals surface area contributed by atoms with Crippen molar-refractivity contribution in [1.82, 2.24) is 14.8 Å². The number of rotatable bonds is 15. The number of aromatic nitrogens is 1. The highest BCUT2D eigenvalue weighted by atomic mass is 35.5. The fourth-order valence-electron chi connectivity index (χ4n) is 3.97. The summed E-state index contributed by atoms with van der Waals surface area (Å²) in [7, 11) is 3.59. The van der Waals surface area contributed by atoms with Crippen molar-refractivity contribution in [3.8, 4) is 0 Å². The Balaban J connectivity index is 2.39. The molecule has 0 fully saturated rings. The lowest BCUT2D eigenvalue weighted by atomic mass is 9.90. The maximum atomic E-state index is 12.7. The number of thiazole rings is 1. The lowest BCUT2D eigenvalue weighted by Crippen LogP contribution is -2.30. The molecule has 2 amide bonds. The van der Waals surface area contributed by atoms with E-state index in [1.54, 1.807) is 46.8 Å².